The zero-order chi connectivity index (χ0) is 23.1. The highest BCUT2D eigenvalue weighted by Crippen LogP contribution is 2.36. The van der Waals surface area contributed by atoms with E-state index in [1.165, 1.54) is 16.3 Å². The van der Waals surface area contributed by atoms with Crippen LogP contribution >= 0.6 is 11.8 Å². The number of imidazole rings is 1. The summed E-state index contributed by atoms with van der Waals surface area (Å²) in [5.41, 5.74) is -1.47. The van der Waals surface area contributed by atoms with Gasteiger partial charge in [0.15, 0.2) is 5.69 Å². The summed E-state index contributed by atoms with van der Waals surface area (Å²) in [5.74, 6) is 1.09. The average molecular weight is 450 g/mol. The number of nitrogens with zero attached hydrogens (tertiary/aromatic N) is 4. The maximum Gasteiger partial charge on any atom is 0.435 e. The highest BCUT2D eigenvalue weighted by molar-refractivity contribution is 7.99. The van der Waals surface area contributed by atoms with Gasteiger partial charge in [-0.15, -0.1) is 16.5 Å². The summed E-state index contributed by atoms with van der Waals surface area (Å²) in [6.07, 6.45) is -4.78. The Labute approximate surface area is 181 Å². The van der Waals surface area contributed by atoms with Gasteiger partial charge in [-0.3, -0.25) is 4.79 Å². The van der Waals surface area contributed by atoms with E-state index in [1.54, 1.807) is 19.2 Å². The summed E-state index contributed by atoms with van der Waals surface area (Å²) >= 11 is 1.52. The van der Waals surface area contributed by atoms with Crippen molar-refractivity contribution in [2.75, 3.05) is 12.9 Å². The van der Waals surface area contributed by atoms with Crippen molar-refractivity contribution >= 4 is 22.8 Å². The minimum absolute atomic E-state index is 0.00118. The topological polar surface area (TPSA) is 72.8 Å². The third-order valence-corrected chi connectivity index (χ3v) is 5.94. The first-order valence-corrected chi connectivity index (χ1v) is 10.4. The minimum atomic E-state index is -4.78. The molecule has 0 saturated heterocycles. The molecule has 0 saturated carbocycles. The standard InChI is InChI=1S/C21H21F3N4O2S/c1-6-31-15-9-12(20(2,3)11-25)7-8-13(15)18-26-14-10-16(21(22,23)24)28(30-5)19(29)17(14)27(18)4/h7-10H,6H2,1-5H3. The summed E-state index contributed by atoms with van der Waals surface area (Å²) in [7, 11) is 2.58. The number of alkyl halides is 3. The van der Waals surface area contributed by atoms with Gasteiger partial charge in [-0.2, -0.15) is 18.4 Å². The monoisotopic (exact) mass is 450 g/mol. The predicted octanol–water partition coefficient (Wildman–Crippen LogP) is 4.39. The predicted molar refractivity (Wildman–Crippen MR) is 113 cm³/mol. The summed E-state index contributed by atoms with van der Waals surface area (Å²) in [5, 5.41) is 9.45. The molecule has 0 radical (unpaired) electrons. The highest BCUT2D eigenvalue weighted by Gasteiger charge is 2.37. The van der Waals surface area contributed by atoms with Crippen LogP contribution in [0.1, 0.15) is 32.0 Å². The molecule has 1 aromatic carbocycles. The Morgan fingerprint density at radius 1 is 1.26 bits per heavy atom. The molecule has 0 fully saturated rings. The van der Waals surface area contributed by atoms with Gasteiger partial charge in [-0.25, -0.2) is 4.98 Å². The molecule has 10 heteroatoms. The molecule has 31 heavy (non-hydrogen) atoms. The molecular weight excluding hydrogens is 429 g/mol. The molecule has 0 aliphatic heterocycles. The zero-order valence-electron chi connectivity index (χ0n) is 17.7. The molecule has 2 heterocycles. The summed E-state index contributed by atoms with van der Waals surface area (Å²) in [6, 6.07) is 8.55. The maximum atomic E-state index is 13.4. The SMILES string of the molecule is CCSc1cc(C(C)(C)C#N)ccc1-c1nc2cc(C(F)(F)F)n(OC)c(=O)c2n1C. The number of hydrogen-bond acceptors (Lipinski definition) is 5. The van der Waals surface area contributed by atoms with Crippen LogP contribution < -0.4 is 10.4 Å². The first-order chi connectivity index (χ1) is 14.5. The van der Waals surface area contributed by atoms with E-state index in [0.29, 0.717) is 11.4 Å². The summed E-state index contributed by atoms with van der Waals surface area (Å²) in [4.78, 5) is 22.7. The van der Waals surface area contributed by atoms with Crippen molar-refractivity contribution in [3.05, 3.63) is 45.9 Å². The molecule has 0 bridgehead atoms. The maximum absolute atomic E-state index is 13.4. The second-order valence-corrected chi connectivity index (χ2v) is 8.72. The third-order valence-electron chi connectivity index (χ3n) is 5.00. The number of aromatic nitrogens is 3. The van der Waals surface area contributed by atoms with Crippen LogP contribution in [0.2, 0.25) is 0 Å². The lowest BCUT2D eigenvalue weighted by atomic mass is 9.86. The van der Waals surface area contributed by atoms with Gasteiger partial charge in [0.1, 0.15) is 18.5 Å². The first kappa shape index (κ1) is 22.7. The van der Waals surface area contributed by atoms with Crippen LogP contribution in [0.4, 0.5) is 13.2 Å². The van der Waals surface area contributed by atoms with Crippen LogP contribution in [0.5, 0.6) is 0 Å². The van der Waals surface area contributed by atoms with Gasteiger partial charge >= 0.3 is 11.7 Å². The van der Waals surface area contributed by atoms with E-state index < -0.39 is 22.8 Å². The van der Waals surface area contributed by atoms with Crippen molar-refractivity contribution in [2.45, 2.75) is 37.3 Å². The zero-order valence-corrected chi connectivity index (χ0v) is 18.5. The van der Waals surface area contributed by atoms with E-state index in [0.717, 1.165) is 29.4 Å². The highest BCUT2D eigenvalue weighted by atomic mass is 32.2. The summed E-state index contributed by atoms with van der Waals surface area (Å²) in [6.45, 7) is 5.59. The van der Waals surface area contributed by atoms with E-state index in [4.69, 9.17) is 4.84 Å². The van der Waals surface area contributed by atoms with E-state index in [1.807, 2.05) is 26.8 Å². The Kier molecular flexibility index (Phi) is 5.84. The van der Waals surface area contributed by atoms with Crippen LogP contribution in [0.25, 0.3) is 22.4 Å². The van der Waals surface area contributed by atoms with Crippen molar-refractivity contribution in [3.8, 4) is 17.5 Å². The van der Waals surface area contributed by atoms with Gasteiger partial charge in [-0.1, -0.05) is 13.0 Å². The molecule has 0 aliphatic rings. The fourth-order valence-corrected chi connectivity index (χ4v) is 4.16. The molecule has 0 atom stereocenters. The number of aryl methyl sites for hydroxylation is 1. The first-order valence-electron chi connectivity index (χ1n) is 9.39. The minimum Gasteiger partial charge on any atom is -0.413 e. The van der Waals surface area contributed by atoms with Gasteiger partial charge in [0.25, 0.3) is 0 Å². The number of pyridine rings is 1. The lowest BCUT2D eigenvalue weighted by molar-refractivity contribution is -0.151. The van der Waals surface area contributed by atoms with E-state index in [-0.39, 0.29) is 15.8 Å². The number of halogens is 3. The molecule has 0 unspecified atom stereocenters. The number of thioether (sulfide) groups is 1. The molecule has 3 aromatic rings. The second kappa shape index (κ2) is 7.96. The smallest absolute Gasteiger partial charge is 0.413 e. The Morgan fingerprint density at radius 2 is 1.94 bits per heavy atom. The number of benzene rings is 1. The fourth-order valence-electron chi connectivity index (χ4n) is 3.32. The van der Waals surface area contributed by atoms with Crippen LogP contribution in [0.15, 0.2) is 34.0 Å². The van der Waals surface area contributed by atoms with E-state index in [2.05, 4.69) is 11.1 Å². The van der Waals surface area contributed by atoms with Gasteiger partial charge in [-0.05, 0) is 43.4 Å². The molecule has 0 amide bonds. The molecule has 6 nitrogen and oxygen atoms in total. The molecular formula is C21H21F3N4O2S. The quantitative estimate of drug-likeness (QED) is 0.539. The number of rotatable bonds is 5. The van der Waals surface area contributed by atoms with E-state index >= 15 is 0 Å². The Bertz CT molecular complexity index is 1250. The second-order valence-electron chi connectivity index (χ2n) is 7.42. The Balaban J connectivity index is 2.32. The molecule has 2 aromatic heterocycles. The lowest BCUT2D eigenvalue weighted by Gasteiger charge is -2.18. The summed E-state index contributed by atoms with van der Waals surface area (Å²) < 4.78 is 42.0. The molecule has 3 rings (SSSR count). The fraction of sp³-hybridized carbons (Fsp3) is 0.381. The van der Waals surface area contributed by atoms with Crippen molar-refractivity contribution < 1.29 is 18.0 Å². The van der Waals surface area contributed by atoms with Crippen molar-refractivity contribution in [1.29, 1.82) is 5.26 Å². The number of nitriles is 1. The average Bonchev–Trinajstić information content (AvgIpc) is 3.04. The normalized spacial score (nSPS) is 12.2. The van der Waals surface area contributed by atoms with Gasteiger partial charge in [0.2, 0.25) is 0 Å². The van der Waals surface area contributed by atoms with Crippen LogP contribution in [-0.4, -0.2) is 27.1 Å². The van der Waals surface area contributed by atoms with Gasteiger partial charge in [0, 0.05) is 17.5 Å². The van der Waals surface area contributed by atoms with Gasteiger partial charge < -0.3 is 9.40 Å². The van der Waals surface area contributed by atoms with Gasteiger partial charge in [0.05, 0.1) is 17.0 Å². The lowest BCUT2D eigenvalue weighted by Crippen LogP contribution is -2.32. The molecule has 164 valence electrons. The van der Waals surface area contributed by atoms with Crippen molar-refractivity contribution in [2.24, 2.45) is 7.05 Å². The molecule has 0 spiro atoms. The third kappa shape index (κ3) is 3.90. The number of hydrogen-bond donors (Lipinski definition) is 0. The van der Waals surface area contributed by atoms with Crippen LogP contribution in [0, 0.1) is 11.3 Å². The van der Waals surface area contributed by atoms with E-state index in [9.17, 15) is 23.2 Å². The molecule has 0 N–H and O–H groups in total. The van der Waals surface area contributed by atoms with Crippen molar-refractivity contribution in [3.63, 3.8) is 0 Å². The molecule has 0 aliphatic carbocycles. The van der Waals surface area contributed by atoms with Crippen LogP contribution in [-0.2, 0) is 18.6 Å². The number of fused-ring (bicyclic) bond motifs is 1. The van der Waals surface area contributed by atoms with Crippen LogP contribution in [0.3, 0.4) is 0 Å². The Hall–Kier alpha value is -2.93. The largest absolute Gasteiger partial charge is 0.435 e. The van der Waals surface area contributed by atoms with Crippen molar-refractivity contribution in [1.82, 2.24) is 14.3 Å². The Morgan fingerprint density at radius 3 is 2.48 bits per heavy atom.